The van der Waals surface area contributed by atoms with Crippen molar-refractivity contribution in [1.29, 1.82) is 0 Å². The van der Waals surface area contributed by atoms with E-state index in [9.17, 15) is 4.79 Å². The number of hydrogen-bond acceptors (Lipinski definition) is 2. The van der Waals surface area contributed by atoms with E-state index < -0.39 is 0 Å². The normalized spacial score (nSPS) is 15.7. The van der Waals surface area contributed by atoms with Crippen LogP contribution in [0.3, 0.4) is 0 Å². The number of aromatic nitrogens is 1. The topological polar surface area (TPSA) is 54.1 Å². The van der Waals surface area contributed by atoms with Crippen LogP contribution >= 0.6 is 0 Å². The van der Waals surface area contributed by atoms with Gasteiger partial charge in [-0.1, -0.05) is 42.7 Å². The lowest BCUT2D eigenvalue weighted by Gasteiger charge is -2.31. The zero-order valence-electron chi connectivity index (χ0n) is 16.9. The van der Waals surface area contributed by atoms with Gasteiger partial charge in [0.15, 0.2) is 0 Å². The van der Waals surface area contributed by atoms with Crippen molar-refractivity contribution in [3.8, 4) is 5.75 Å². The van der Waals surface area contributed by atoms with Crippen molar-refractivity contribution in [3.63, 3.8) is 0 Å². The molecule has 0 unspecified atom stereocenters. The number of fused-ring (bicyclic) bond motifs is 1. The molecule has 4 rings (SSSR count). The Kier molecular flexibility index (Phi) is 4.88. The molecule has 146 valence electrons. The first kappa shape index (κ1) is 18.6. The number of amides is 1. The Hall–Kier alpha value is -2.75. The summed E-state index contributed by atoms with van der Waals surface area (Å²) in [6.45, 7) is 4.99. The van der Waals surface area contributed by atoms with Crippen molar-refractivity contribution in [2.24, 2.45) is 0 Å². The number of methoxy groups -OCH3 is 1. The first-order valence-electron chi connectivity index (χ1n) is 10.0. The molecule has 1 fully saturated rings. The Morgan fingerprint density at radius 2 is 1.93 bits per heavy atom. The Balaban J connectivity index is 1.57. The fourth-order valence-corrected chi connectivity index (χ4v) is 4.77. The van der Waals surface area contributed by atoms with Gasteiger partial charge in [-0.15, -0.1) is 0 Å². The highest BCUT2D eigenvalue weighted by molar-refractivity contribution is 5.99. The predicted octanol–water partition coefficient (Wildman–Crippen LogP) is 5.04. The molecule has 1 heterocycles. The molecular weight excluding hydrogens is 348 g/mol. The molecule has 1 saturated carbocycles. The van der Waals surface area contributed by atoms with E-state index in [4.69, 9.17) is 4.74 Å². The van der Waals surface area contributed by atoms with E-state index in [1.54, 1.807) is 7.11 Å². The van der Waals surface area contributed by atoms with Gasteiger partial charge in [0.05, 0.1) is 7.11 Å². The summed E-state index contributed by atoms with van der Waals surface area (Å²) in [5, 5.41) is 4.14. The Labute approximate surface area is 166 Å². The van der Waals surface area contributed by atoms with E-state index in [0.717, 1.165) is 29.5 Å². The highest BCUT2D eigenvalue weighted by Crippen LogP contribution is 2.42. The second kappa shape index (κ2) is 7.34. The average Bonchev–Trinajstić information content (AvgIpc) is 3.33. The molecule has 28 heavy (non-hydrogen) atoms. The molecule has 0 radical (unpaired) electrons. The summed E-state index contributed by atoms with van der Waals surface area (Å²) in [5.41, 5.74) is 5.52. The zero-order chi connectivity index (χ0) is 19.7. The number of H-pyrrole nitrogens is 1. The van der Waals surface area contributed by atoms with Crippen molar-refractivity contribution in [2.45, 2.75) is 44.9 Å². The molecule has 0 spiro atoms. The first-order chi connectivity index (χ1) is 13.5. The van der Waals surface area contributed by atoms with Gasteiger partial charge in [0.2, 0.25) is 0 Å². The molecule has 4 nitrogen and oxygen atoms in total. The van der Waals surface area contributed by atoms with Crippen LogP contribution in [-0.2, 0) is 5.41 Å². The van der Waals surface area contributed by atoms with Crippen LogP contribution in [-0.4, -0.2) is 24.5 Å². The molecule has 1 aliphatic carbocycles. The summed E-state index contributed by atoms with van der Waals surface area (Å²) in [6.07, 6.45) is 4.68. The van der Waals surface area contributed by atoms with Crippen LogP contribution in [0.5, 0.6) is 5.75 Å². The second-order valence-electron chi connectivity index (χ2n) is 8.09. The molecule has 1 aliphatic rings. The fraction of sp³-hybridized carbons (Fsp3) is 0.375. The molecular formula is C24H28N2O2. The third-order valence-electron chi connectivity index (χ3n) is 6.19. The van der Waals surface area contributed by atoms with E-state index in [0.29, 0.717) is 12.2 Å². The van der Waals surface area contributed by atoms with E-state index >= 15 is 0 Å². The number of benzene rings is 2. The Morgan fingerprint density at radius 3 is 2.64 bits per heavy atom. The first-order valence-corrected chi connectivity index (χ1v) is 10.0. The smallest absolute Gasteiger partial charge is 0.267 e. The lowest BCUT2D eigenvalue weighted by atomic mass is 9.76. The molecule has 2 aromatic carbocycles. The van der Waals surface area contributed by atoms with Crippen molar-refractivity contribution < 1.29 is 9.53 Å². The van der Waals surface area contributed by atoms with Crippen LogP contribution in [0.4, 0.5) is 0 Å². The molecule has 1 aromatic heterocycles. The number of carbonyl (C=O) groups is 1. The number of rotatable bonds is 5. The van der Waals surface area contributed by atoms with Gasteiger partial charge in [0.25, 0.3) is 5.91 Å². The number of aryl methyl sites for hydroxylation is 2. The van der Waals surface area contributed by atoms with Crippen molar-refractivity contribution in [3.05, 3.63) is 64.8 Å². The van der Waals surface area contributed by atoms with E-state index in [1.165, 1.54) is 29.5 Å². The summed E-state index contributed by atoms with van der Waals surface area (Å²) >= 11 is 0. The monoisotopic (exact) mass is 376 g/mol. The van der Waals surface area contributed by atoms with Crippen LogP contribution in [0.15, 0.2) is 42.5 Å². The molecule has 4 heteroatoms. The highest BCUT2D eigenvalue weighted by Gasteiger charge is 2.37. The third-order valence-corrected chi connectivity index (χ3v) is 6.19. The van der Waals surface area contributed by atoms with Gasteiger partial charge in [0.1, 0.15) is 11.4 Å². The number of ether oxygens (including phenoxy) is 1. The molecule has 3 aromatic rings. The van der Waals surface area contributed by atoms with E-state index in [2.05, 4.69) is 42.3 Å². The van der Waals surface area contributed by atoms with Crippen LogP contribution in [0, 0.1) is 13.8 Å². The van der Waals surface area contributed by atoms with E-state index in [1.807, 2.05) is 24.3 Å². The minimum Gasteiger partial charge on any atom is -0.496 e. The van der Waals surface area contributed by atoms with Gasteiger partial charge >= 0.3 is 0 Å². The standard InChI is InChI=1S/C24H28N2O2/c1-16-9-10-19(17(2)13-16)24(11-4-5-12-24)15-25-23(27)21-14-18-20(26-21)7-6-8-22(18)28-3/h6-10,13-14,26H,4-5,11-12,15H2,1-3H3,(H,25,27). The lowest BCUT2D eigenvalue weighted by molar-refractivity contribution is 0.0939. The summed E-state index contributed by atoms with van der Waals surface area (Å²) in [5.74, 6) is 0.713. The summed E-state index contributed by atoms with van der Waals surface area (Å²) in [6, 6.07) is 14.4. The van der Waals surface area contributed by atoms with Gasteiger partial charge in [-0.3, -0.25) is 4.79 Å². The van der Waals surface area contributed by atoms with Gasteiger partial charge in [-0.25, -0.2) is 0 Å². The summed E-state index contributed by atoms with van der Waals surface area (Å²) in [4.78, 5) is 16.1. The SMILES string of the molecule is COc1cccc2[nH]c(C(=O)NCC3(c4ccc(C)cc4C)CCCC3)cc12. The summed E-state index contributed by atoms with van der Waals surface area (Å²) in [7, 11) is 1.65. The number of carbonyl (C=O) groups excluding carboxylic acids is 1. The zero-order valence-corrected chi connectivity index (χ0v) is 16.9. The average molecular weight is 377 g/mol. The minimum atomic E-state index is -0.0608. The van der Waals surface area contributed by atoms with Gasteiger partial charge in [-0.2, -0.15) is 0 Å². The third kappa shape index (κ3) is 3.28. The number of hydrogen-bond donors (Lipinski definition) is 2. The maximum atomic E-state index is 12.9. The van der Waals surface area contributed by atoms with Crippen LogP contribution in [0.2, 0.25) is 0 Å². The largest absolute Gasteiger partial charge is 0.496 e. The second-order valence-corrected chi connectivity index (χ2v) is 8.09. The molecule has 1 amide bonds. The van der Waals surface area contributed by atoms with Gasteiger partial charge < -0.3 is 15.0 Å². The highest BCUT2D eigenvalue weighted by atomic mass is 16.5. The Morgan fingerprint density at radius 1 is 1.14 bits per heavy atom. The molecule has 0 atom stereocenters. The minimum absolute atomic E-state index is 0.0388. The Bertz CT molecular complexity index is 1010. The fourth-order valence-electron chi connectivity index (χ4n) is 4.77. The molecule has 0 bridgehead atoms. The number of nitrogens with one attached hydrogen (secondary N) is 2. The maximum absolute atomic E-state index is 12.9. The molecule has 0 saturated heterocycles. The predicted molar refractivity (Wildman–Crippen MR) is 113 cm³/mol. The molecule has 2 N–H and O–H groups in total. The van der Waals surface area contributed by atoms with Gasteiger partial charge in [-0.05, 0) is 56.0 Å². The van der Waals surface area contributed by atoms with E-state index in [-0.39, 0.29) is 11.3 Å². The van der Waals surface area contributed by atoms with Crippen LogP contribution in [0.1, 0.15) is 52.9 Å². The number of aromatic amines is 1. The van der Waals surface area contributed by atoms with Crippen LogP contribution < -0.4 is 10.1 Å². The van der Waals surface area contributed by atoms with Crippen LogP contribution in [0.25, 0.3) is 10.9 Å². The summed E-state index contributed by atoms with van der Waals surface area (Å²) < 4.78 is 5.41. The van der Waals surface area contributed by atoms with Gasteiger partial charge in [0, 0.05) is 22.9 Å². The molecule has 0 aliphatic heterocycles. The van der Waals surface area contributed by atoms with Crippen molar-refractivity contribution >= 4 is 16.8 Å². The maximum Gasteiger partial charge on any atom is 0.267 e. The quantitative estimate of drug-likeness (QED) is 0.656. The van der Waals surface area contributed by atoms with Crippen molar-refractivity contribution in [2.75, 3.05) is 13.7 Å². The lowest BCUT2D eigenvalue weighted by Crippen LogP contribution is -2.39. The van der Waals surface area contributed by atoms with Crippen molar-refractivity contribution in [1.82, 2.24) is 10.3 Å².